The van der Waals surface area contributed by atoms with E-state index in [1.54, 1.807) is 7.11 Å². The van der Waals surface area contributed by atoms with Crippen LogP contribution in [0.5, 0.6) is 5.75 Å². The minimum Gasteiger partial charge on any atom is -0.497 e. The fourth-order valence-electron chi connectivity index (χ4n) is 3.90. The number of nitrogens with two attached hydrogens (primary N) is 1. The summed E-state index contributed by atoms with van der Waals surface area (Å²) in [5.74, 6) is 1.35. The summed E-state index contributed by atoms with van der Waals surface area (Å²) in [5, 5.41) is 0. The van der Waals surface area contributed by atoms with Gasteiger partial charge in [-0.2, -0.15) is 0 Å². The summed E-state index contributed by atoms with van der Waals surface area (Å²) in [6, 6.07) is 6.09. The quantitative estimate of drug-likeness (QED) is 0.885. The highest BCUT2D eigenvalue weighted by Crippen LogP contribution is 2.45. The highest BCUT2D eigenvalue weighted by molar-refractivity contribution is 9.10. The molecule has 116 valence electrons. The Morgan fingerprint density at radius 2 is 2.14 bits per heavy atom. The van der Waals surface area contributed by atoms with Crippen molar-refractivity contribution in [3.05, 3.63) is 28.2 Å². The van der Waals surface area contributed by atoms with Gasteiger partial charge in [0.25, 0.3) is 0 Å². The molecule has 2 aliphatic rings. The molecule has 2 unspecified atom stereocenters. The van der Waals surface area contributed by atoms with Crippen molar-refractivity contribution in [1.29, 1.82) is 0 Å². The van der Waals surface area contributed by atoms with Gasteiger partial charge in [0, 0.05) is 17.1 Å². The van der Waals surface area contributed by atoms with E-state index in [9.17, 15) is 0 Å². The monoisotopic (exact) mass is 353 g/mol. The van der Waals surface area contributed by atoms with Crippen molar-refractivity contribution in [3.8, 4) is 5.75 Å². The lowest BCUT2D eigenvalue weighted by Crippen LogP contribution is -2.40. The molecule has 21 heavy (non-hydrogen) atoms. The van der Waals surface area contributed by atoms with Gasteiger partial charge in [-0.1, -0.05) is 28.8 Å². The summed E-state index contributed by atoms with van der Waals surface area (Å²) in [6.45, 7) is 0.847. The number of rotatable bonds is 3. The lowest BCUT2D eigenvalue weighted by atomic mass is 9.79. The Morgan fingerprint density at radius 3 is 2.86 bits per heavy atom. The predicted molar refractivity (Wildman–Crippen MR) is 87.5 cm³/mol. The van der Waals surface area contributed by atoms with Gasteiger partial charge in [0.05, 0.1) is 12.7 Å². The molecule has 1 heterocycles. The molecule has 3 nitrogen and oxygen atoms in total. The van der Waals surface area contributed by atoms with Crippen LogP contribution in [-0.4, -0.2) is 19.3 Å². The van der Waals surface area contributed by atoms with Crippen LogP contribution in [0, 0.1) is 5.92 Å². The lowest BCUT2D eigenvalue weighted by Gasteiger charge is -2.40. The maximum atomic E-state index is 6.60. The fourth-order valence-corrected chi connectivity index (χ4v) is 4.41. The Labute approximate surface area is 135 Å². The van der Waals surface area contributed by atoms with Gasteiger partial charge in [-0.15, -0.1) is 0 Å². The molecule has 1 aliphatic heterocycles. The Balaban J connectivity index is 1.79. The second kappa shape index (κ2) is 6.27. The van der Waals surface area contributed by atoms with Crippen LogP contribution < -0.4 is 10.5 Å². The zero-order valence-electron chi connectivity index (χ0n) is 12.6. The van der Waals surface area contributed by atoms with Gasteiger partial charge in [-0.3, -0.25) is 0 Å². The molecule has 1 aliphatic carbocycles. The zero-order chi connectivity index (χ0) is 14.9. The van der Waals surface area contributed by atoms with Gasteiger partial charge in [-0.25, -0.2) is 0 Å². The molecule has 1 saturated carbocycles. The summed E-state index contributed by atoms with van der Waals surface area (Å²) in [4.78, 5) is 0. The SMILES string of the molecule is COc1ccc(Br)c(C(N)C2CCOC3(CCCC3)C2)c1. The van der Waals surface area contributed by atoms with E-state index in [2.05, 4.69) is 22.0 Å². The van der Waals surface area contributed by atoms with Crippen molar-refractivity contribution >= 4 is 15.9 Å². The van der Waals surface area contributed by atoms with Gasteiger partial charge in [0.1, 0.15) is 5.75 Å². The van der Waals surface area contributed by atoms with Gasteiger partial charge >= 0.3 is 0 Å². The standard InChI is InChI=1S/C17H24BrNO2/c1-20-13-4-5-15(18)14(10-13)16(19)12-6-9-21-17(11-12)7-2-3-8-17/h4-5,10,12,16H,2-3,6-9,11,19H2,1H3. The van der Waals surface area contributed by atoms with Crippen molar-refractivity contribution in [2.75, 3.05) is 13.7 Å². The summed E-state index contributed by atoms with van der Waals surface area (Å²) >= 11 is 3.64. The number of halogens is 1. The fraction of sp³-hybridized carbons (Fsp3) is 0.647. The van der Waals surface area contributed by atoms with Gasteiger partial charge in [-0.05, 0) is 55.4 Å². The molecule has 0 bridgehead atoms. The number of methoxy groups -OCH3 is 1. The van der Waals surface area contributed by atoms with E-state index in [1.807, 2.05) is 12.1 Å². The molecule has 2 atom stereocenters. The van der Waals surface area contributed by atoms with Gasteiger partial charge in [0.15, 0.2) is 0 Å². The minimum atomic E-state index is 0.0378. The van der Waals surface area contributed by atoms with E-state index < -0.39 is 0 Å². The van der Waals surface area contributed by atoms with E-state index in [0.717, 1.165) is 35.2 Å². The summed E-state index contributed by atoms with van der Waals surface area (Å²) in [5.41, 5.74) is 7.87. The lowest BCUT2D eigenvalue weighted by molar-refractivity contribution is -0.0964. The van der Waals surface area contributed by atoms with Crippen LogP contribution in [-0.2, 0) is 4.74 Å². The molecule has 1 saturated heterocycles. The van der Waals surface area contributed by atoms with Crippen LogP contribution in [0.1, 0.15) is 50.1 Å². The Bertz CT molecular complexity index is 500. The predicted octanol–water partition coefficient (Wildman–Crippen LogP) is 4.20. The van der Waals surface area contributed by atoms with Crippen molar-refractivity contribution in [2.45, 2.75) is 50.2 Å². The molecule has 1 spiro atoms. The largest absolute Gasteiger partial charge is 0.497 e. The molecule has 0 radical (unpaired) electrons. The Kier molecular flexibility index (Phi) is 4.57. The summed E-state index contributed by atoms with van der Waals surface area (Å²) < 4.78 is 12.5. The average molecular weight is 354 g/mol. The first-order valence-corrected chi connectivity index (χ1v) is 8.66. The minimum absolute atomic E-state index is 0.0378. The Morgan fingerprint density at radius 1 is 1.38 bits per heavy atom. The van der Waals surface area contributed by atoms with Crippen molar-refractivity contribution in [2.24, 2.45) is 11.7 Å². The Hall–Kier alpha value is -0.580. The molecule has 0 amide bonds. The first-order chi connectivity index (χ1) is 10.1. The van der Waals surface area contributed by atoms with E-state index in [1.165, 1.54) is 25.7 Å². The van der Waals surface area contributed by atoms with Crippen LogP contribution in [0.2, 0.25) is 0 Å². The summed E-state index contributed by atoms with van der Waals surface area (Å²) in [7, 11) is 1.69. The first-order valence-electron chi connectivity index (χ1n) is 7.86. The van der Waals surface area contributed by atoms with Crippen LogP contribution in [0.25, 0.3) is 0 Å². The van der Waals surface area contributed by atoms with E-state index in [0.29, 0.717) is 5.92 Å². The molecule has 4 heteroatoms. The smallest absolute Gasteiger partial charge is 0.119 e. The molecular formula is C17H24BrNO2. The summed E-state index contributed by atoms with van der Waals surface area (Å²) in [6.07, 6.45) is 7.14. The number of hydrogen-bond acceptors (Lipinski definition) is 3. The van der Waals surface area contributed by atoms with Crippen LogP contribution in [0.4, 0.5) is 0 Å². The third-order valence-corrected chi connectivity index (χ3v) is 5.84. The first kappa shape index (κ1) is 15.3. The number of benzene rings is 1. The van der Waals surface area contributed by atoms with E-state index >= 15 is 0 Å². The van der Waals surface area contributed by atoms with Crippen LogP contribution in [0.15, 0.2) is 22.7 Å². The van der Waals surface area contributed by atoms with Gasteiger partial charge in [0.2, 0.25) is 0 Å². The van der Waals surface area contributed by atoms with Crippen molar-refractivity contribution < 1.29 is 9.47 Å². The second-order valence-corrected chi connectivity index (χ2v) is 7.26. The third-order valence-electron chi connectivity index (χ3n) is 5.12. The normalized spacial score (nSPS) is 26.0. The third kappa shape index (κ3) is 3.13. The molecular weight excluding hydrogens is 330 g/mol. The van der Waals surface area contributed by atoms with Gasteiger partial charge < -0.3 is 15.2 Å². The average Bonchev–Trinajstić information content (AvgIpc) is 2.95. The maximum absolute atomic E-state index is 6.60. The van der Waals surface area contributed by atoms with Crippen molar-refractivity contribution in [3.63, 3.8) is 0 Å². The van der Waals surface area contributed by atoms with Crippen LogP contribution >= 0.6 is 15.9 Å². The molecule has 1 aromatic carbocycles. The highest BCUT2D eigenvalue weighted by Gasteiger charge is 2.41. The maximum Gasteiger partial charge on any atom is 0.119 e. The molecule has 2 fully saturated rings. The highest BCUT2D eigenvalue weighted by atomic mass is 79.9. The second-order valence-electron chi connectivity index (χ2n) is 6.40. The molecule has 1 aromatic rings. The number of ether oxygens (including phenoxy) is 2. The van der Waals surface area contributed by atoms with Crippen molar-refractivity contribution in [1.82, 2.24) is 0 Å². The van der Waals surface area contributed by atoms with E-state index in [4.69, 9.17) is 15.2 Å². The zero-order valence-corrected chi connectivity index (χ0v) is 14.2. The molecule has 0 aromatic heterocycles. The van der Waals surface area contributed by atoms with Crippen LogP contribution in [0.3, 0.4) is 0 Å². The van der Waals surface area contributed by atoms with E-state index in [-0.39, 0.29) is 11.6 Å². The molecule has 2 N–H and O–H groups in total. The topological polar surface area (TPSA) is 44.5 Å². The number of hydrogen-bond donors (Lipinski definition) is 1. The molecule has 3 rings (SSSR count).